The summed E-state index contributed by atoms with van der Waals surface area (Å²) in [5, 5.41) is 13.1. The maximum atomic E-state index is 6.07. The Morgan fingerprint density at radius 3 is 2.75 bits per heavy atom. The zero-order valence-electron chi connectivity index (χ0n) is 18.1. The van der Waals surface area contributed by atoms with Crippen LogP contribution in [0.4, 0.5) is 5.82 Å². The lowest BCUT2D eigenvalue weighted by Crippen LogP contribution is -2.34. The molecular formula is C25H26N6O. The molecule has 7 heteroatoms. The number of hydrogen-bond acceptors (Lipinski definition) is 6. The Bertz CT molecular complexity index is 1260. The van der Waals surface area contributed by atoms with Crippen molar-refractivity contribution in [2.75, 3.05) is 18.4 Å². The second kappa shape index (κ2) is 8.80. The molecule has 1 aromatic carbocycles. The Labute approximate surface area is 187 Å². The highest BCUT2D eigenvalue weighted by Gasteiger charge is 2.15. The number of fused-ring (bicyclic) bond motifs is 1. The van der Waals surface area contributed by atoms with Crippen LogP contribution in [-0.2, 0) is 7.05 Å². The normalized spacial score (nSPS) is 14.4. The first-order chi connectivity index (χ1) is 15.6. The molecule has 4 heterocycles. The summed E-state index contributed by atoms with van der Waals surface area (Å²) in [6.45, 7) is 6.16. The van der Waals surface area contributed by atoms with Gasteiger partial charge in [0.25, 0.3) is 0 Å². The third kappa shape index (κ3) is 4.48. The van der Waals surface area contributed by atoms with Gasteiger partial charge in [0.1, 0.15) is 11.9 Å². The van der Waals surface area contributed by atoms with Gasteiger partial charge >= 0.3 is 0 Å². The lowest BCUT2D eigenvalue weighted by Gasteiger charge is -2.23. The average Bonchev–Trinajstić information content (AvgIpc) is 3.26. The Morgan fingerprint density at radius 2 is 1.94 bits per heavy atom. The van der Waals surface area contributed by atoms with Crippen LogP contribution in [0.3, 0.4) is 0 Å². The molecule has 1 aliphatic heterocycles. The number of benzene rings is 1. The van der Waals surface area contributed by atoms with Crippen LogP contribution < -0.4 is 15.4 Å². The fraction of sp³-hybridized carbons (Fsp3) is 0.240. The lowest BCUT2D eigenvalue weighted by molar-refractivity contribution is 0.156. The number of rotatable bonds is 6. The van der Waals surface area contributed by atoms with E-state index in [0.717, 1.165) is 64.9 Å². The van der Waals surface area contributed by atoms with Crippen molar-refractivity contribution in [1.82, 2.24) is 25.1 Å². The Kier molecular flexibility index (Phi) is 5.56. The standard InChI is InChI=1S/C25H26N6O/c1-17(18-5-10-27-25(13-18)32-23-6-8-26-9-7-23)30-24-12-21-11-19(3-4-20(21)14-28-24)22-15-29-31(2)16-22/h3-5,10-16,23,26H,1,6-9H2,2H3,(H,28,30). The number of piperidine rings is 1. The van der Waals surface area contributed by atoms with Crippen LogP contribution in [0.2, 0.25) is 0 Å². The average molecular weight is 427 g/mol. The molecule has 4 aromatic rings. The van der Waals surface area contributed by atoms with Gasteiger partial charge < -0.3 is 15.4 Å². The van der Waals surface area contributed by atoms with E-state index in [-0.39, 0.29) is 6.10 Å². The van der Waals surface area contributed by atoms with Gasteiger partial charge in [0.15, 0.2) is 0 Å². The second-order valence-electron chi connectivity index (χ2n) is 8.09. The number of anilines is 1. The molecular weight excluding hydrogens is 400 g/mol. The molecule has 32 heavy (non-hydrogen) atoms. The summed E-state index contributed by atoms with van der Waals surface area (Å²) < 4.78 is 7.87. The van der Waals surface area contributed by atoms with Gasteiger partial charge in [-0.1, -0.05) is 18.7 Å². The number of aromatic nitrogens is 4. The Balaban J connectivity index is 1.33. The summed E-state index contributed by atoms with van der Waals surface area (Å²) in [6, 6.07) is 12.2. The van der Waals surface area contributed by atoms with E-state index in [1.807, 2.05) is 43.8 Å². The van der Waals surface area contributed by atoms with Crippen LogP contribution >= 0.6 is 0 Å². The molecule has 2 N–H and O–H groups in total. The van der Waals surface area contributed by atoms with E-state index in [9.17, 15) is 0 Å². The zero-order valence-corrected chi connectivity index (χ0v) is 18.1. The summed E-state index contributed by atoms with van der Waals surface area (Å²) in [5.41, 5.74) is 3.88. The van der Waals surface area contributed by atoms with E-state index < -0.39 is 0 Å². The number of ether oxygens (including phenoxy) is 1. The number of hydrogen-bond donors (Lipinski definition) is 2. The summed E-state index contributed by atoms with van der Waals surface area (Å²) in [5.74, 6) is 1.37. The minimum atomic E-state index is 0.205. The summed E-state index contributed by atoms with van der Waals surface area (Å²) in [4.78, 5) is 8.92. The fourth-order valence-corrected chi connectivity index (χ4v) is 3.93. The van der Waals surface area contributed by atoms with Crippen molar-refractivity contribution in [3.8, 4) is 17.0 Å². The third-order valence-corrected chi connectivity index (χ3v) is 5.70. The first-order valence-electron chi connectivity index (χ1n) is 10.8. The number of nitrogens with one attached hydrogen (secondary N) is 2. The fourth-order valence-electron chi connectivity index (χ4n) is 3.93. The van der Waals surface area contributed by atoms with Crippen LogP contribution in [0.15, 0.2) is 67.8 Å². The largest absolute Gasteiger partial charge is 0.474 e. The van der Waals surface area contributed by atoms with Crippen LogP contribution in [-0.4, -0.2) is 38.9 Å². The van der Waals surface area contributed by atoms with Gasteiger partial charge in [0.05, 0.1) is 6.20 Å². The molecule has 1 fully saturated rings. The molecule has 0 aliphatic carbocycles. The van der Waals surface area contributed by atoms with Crippen molar-refractivity contribution in [2.45, 2.75) is 18.9 Å². The molecule has 1 aliphatic rings. The second-order valence-corrected chi connectivity index (χ2v) is 8.09. The topological polar surface area (TPSA) is 76.9 Å². The van der Waals surface area contributed by atoms with Crippen molar-refractivity contribution in [1.29, 1.82) is 0 Å². The van der Waals surface area contributed by atoms with E-state index in [0.29, 0.717) is 5.88 Å². The van der Waals surface area contributed by atoms with Crippen LogP contribution in [0.25, 0.3) is 27.6 Å². The molecule has 1 saturated heterocycles. The first-order valence-corrected chi connectivity index (χ1v) is 10.8. The molecule has 162 valence electrons. The van der Waals surface area contributed by atoms with Gasteiger partial charge in [0, 0.05) is 53.9 Å². The molecule has 7 nitrogen and oxygen atoms in total. The van der Waals surface area contributed by atoms with Gasteiger partial charge in [-0.2, -0.15) is 5.10 Å². The first kappa shape index (κ1) is 20.2. The van der Waals surface area contributed by atoms with E-state index in [4.69, 9.17) is 4.74 Å². The molecule has 5 rings (SSSR count). The van der Waals surface area contributed by atoms with Crippen molar-refractivity contribution in [3.63, 3.8) is 0 Å². The van der Waals surface area contributed by atoms with Crippen molar-refractivity contribution >= 4 is 22.3 Å². The molecule has 0 unspecified atom stereocenters. The molecule has 0 atom stereocenters. The van der Waals surface area contributed by atoms with Crippen LogP contribution in [0.5, 0.6) is 5.88 Å². The minimum absolute atomic E-state index is 0.205. The van der Waals surface area contributed by atoms with Gasteiger partial charge in [-0.3, -0.25) is 4.68 Å². The molecule has 0 spiro atoms. The number of nitrogens with zero attached hydrogens (tertiary/aromatic N) is 4. The van der Waals surface area contributed by atoms with E-state index in [1.54, 1.807) is 10.9 Å². The third-order valence-electron chi connectivity index (χ3n) is 5.70. The van der Waals surface area contributed by atoms with Crippen LogP contribution in [0, 0.1) is 0 Å². The van der Waals surface area contributed by atoms with Gasteiger partial charge in [-0.15, -0.1) is 0 Å². The highest BCUT2D eigenvalue weighted by Crippen LogP contribution is 2.26. The molecule has 0 bridgehead atoms. The van der Waals surface area contributed by atoms with Crippen molar-refractivity contribution in [3.05, 3.63) is 73.3 Å². The smallest absolute Gasteiger partial charge is 0.214 e. The predicted octanol–water partition coefficient (Wildman–Crippen LogP) is 4.24. The monoisotopic (exact) mass is 426 g/mol. The lowest BCUT2D eigenvalue weighted by atomic mass is 10.0. The molecule has 0 amide bonds. The summed E-state index contributed by atoms with van der Waals surface area (Å²) in [7, 11) is 1.92. The van der Waals surface area contributed by atoms with Gasteiger partial charge in [0.2, 0.25) is 5.88 Å². The highest BCUT2D eigenvalue weighted by atomic mass is 16.5. The Morgan fingerprint density at radius 1 is 1.06 bits per heavy atom. The van der Waals surface area contributed by atoms with Gasteiger partial charge in [-0.25, -0.2) is 9.97 Å². The van der Waals surface area contributed by atoms with E-state index >= 15 is 0 Å². The Hall–Kier alpha value is -3.71. The quantitative estimate of drug-likeness (QED) is 0.480. The SMILES string of the molecule is C=C(Nc1cc2cc(-c3cnn(C)c3)ccc2cn1)c1ccnc(OC2CCNCC2)c1. The number of pyridine rings is 2. The maximum absolute atomic E-state index is 6.07. The highest BCUT2D eigenvalue weighted by molar-refractivity contribution is 5.89. The minimum Gasteiger partial charge on any atom is -0.474 e. The zero-order chi connectivity index (χ0) is 21.9. The van der Waals surface area contributed by atoms with Crippen LogP contribution in [0.1, 0.15) is 18.4 Å². The van der Waals surface area contributed by atoms with Crippen molar-refractivity contribution in [2.24, 2.45) is 7.05 Å². The predicted molar refractivity (Wildman–Crippen MR) is 127 cm³/mol. The summed E-state index contributed by atoms with van der Waals surface area (Å²) in [6.07, 6.45) is 9.70. The van der Waals surface area contributed by atoms with Gasteiger partial charge in [-0.05, 0) is 55.1 Å². The molecule has 0 radical (unpaired) electrons. The van der Waals surface area contributed by atoms with E-state index in [1.165, 1.54) is 0 Å². The van der Waals surface area contributed by atoms with Crippen molar-refractivity contribution < 1.29 is 4.74 Å². The molecule has 3 aromatic heterocycles. The summed E-state index contributed by atoms with van der Waals surface area (Å²) >= 11 is 0. The molecule has 0 saturated carbocycles. The van der Waals surface area contributed by atoms with E-state index in [2.05, 4.69) is 50.5 Å². The maximum Gasteiger partial charge on any atom is 0.214 e. The number of aryl methyl sites for hydroxylation is 1.